The average Bonchev–Trinajstić information content (AvgIpc) is 2.68. The Balaban J connectivity index is 2.41. The van der Waals surface area contributed by atoms with Crippen LogP contribution >= 0.6 is 11.6 Å². The molecule has 0 bridgehead atoms. The third kappa shape index (κ3) is 2.70. The first-order valence-corrected chi connectivity index (χ1v) is 6.95. The van der Waals surface area contributed by atoms with E-state index in [0.717, 1.165) is 24.4 Å². The summed E-state index contributed by atoms with van der Waals surface area (Å²) in [6.45, 7) is 5.48. The minimum atomic E-state index is 0.478. The molecular weight excluding hydrogens is 244 g/mol. The molecule has 0 saturated carbocycles. The van der Waals surface area contributed by atoms with E-state index in [1.165, 1.54) is 16.5 Å². The molecule has 2 nitrogen and oxygen atoms in total. The summed E-state index contributed by atoms with van der Waals surface area (Å²) in [5.74, 6) is 0. The van der Waals surface area contributed by atoms with Gasteiger partial charge in [-0.15, -0.1) is 0 Å². The summed E-state index contributed by atoms with van der Waals surface area (Å²) in [6, 6.07) is 6.66. The van der Waals surface area contributed by atoms with Crippen molar-refractivity contribution in [2.75, 3.05) is 13.6 Å². The van der Waals surface area contributed by atoms with Crippen LogP contribution in [0.3, 0.4) is 0 Å². The molecule has 3 heteroatoms. The monoisotopic (exact) mass is 264 g/mol. The van der Waals surface area contributed by atoms with Gasteiger partial charge in [-0.05, 0) is 64.0 Å². The molecule has 98 valence electrons. The van der Waals surface area contributed by atoms with Gasteiger partial charge in [0.25, 0.3) is 0 Å². The molecule has 0 unspecified atom stereocenters. The molecule has 1 aromatic heterocycles. The van der Waals surface area contributed by atoms with E-state index in [-0.39, 0.29) is 0 Å². The summed E-state index contributed by atoms with van der Waals surface area (Å²) in [5.41, 5.74) is 2.69. The lowest BCUT2D eigenvalue weighted by atomic mass is 10.1. The SMILES string of the molecule is CNCCCc1cn(C(C)C)c2ccc(Cl)cc12. The second-order valence-electron chi connectivity index (χ2n) is 5.02. The first kappa shape index (κ1) is 13.4. The smallest absolute Gasteiger partial charge is 0.0486 e. The van der Waals surface area contributed by atoms with Crippen LogP contribution in [0.4, 0.5) is 0 Å². The molecule has 0 fully saturated rings. The largest absolute Gasteiger partial charge is 0.345 e. The number of aryl methyl sites for hydroxylation is 1. The number of fused-ring (bicyclic) bond motifs is 1. The second-order valence-corrected chi connectivity index (χ2v) is 5.46. The first-order valence-electron chi connectivity index (χ1n) is 6.57. The standard InChI is InChI=1S/C15H21ClN2/c1-11(2)18-10-12(5-4-8-17-3)14-9-13(16)6-7-15(14)18/h6-7,9-11,17H,4-5,8H2,1-3H3. The van der Waals surface area contributed by atoms with Crippen molar-refractivity contribution >= 4 is 22.5 Å². The van der Waals surface area contributed by atoms with Gasteiger partial charge in [-0.1, -0.05) is 11.6 Å². The zero-order chi connectivity index (χ0) is 13.1. The van der Waals surface area contributed by atoms with E-state index in [1.807, 2.05) is 13.1 Å². The molecule has 1 N–H and O–H groups in total. The van der Waals surface area contributed by atoms with Gasteiger partial charge < -0.3 is 9.88 Å². The molecule has 0 aliphatic carbocycles. The van der Waals surface area contributed by atoms with Crippen molar-refractivity contribution < 1.29 is 0 Å². The Hall–Kier alpha value is -0.990. The number of hydrogen-bond acceptors (Lipinski definition) is 1. The highest BCUT2D eigenvalue weighted by atomic mass is 35.5. The molecule has 18 heavy (non-hydrogen) atoms. The van der Waals surface area contributed by atoms with Gasteiger partial charge in [0.2, 0.25) is 0 Å². The third-order valence-corrected chi connectivity index (χ3v) is 3.54. The fraction of sp³-hybridized carbons (Fsp3) is 0.467. The highest BCUT2D eigenvalue weighted by Crippen LogP contribution is 2.28. The van der Waals surface area contributed by atoms with Crippen molar-refractivity contribution in [2.45, 2.75) is 32.7 Å². The Morgan fingerprint density at radius 1 is 1.33 bits per heavy atom. The van der Waals surface area contributed by atoms with E-state index in [1.54, 1.807) is 0 Å². The number of aromatic nitrogens is 1. The Morgan fingerprint density at radius 3 is 2.78 bits per heavy atom. The fourth-order valence-electron chi connectivity index (χ4n) is 2.38. The summed E-state index contributed by atoms with van der Waals surface area (Å²) in [6.07, 6.45) is 4.53. The van der Waals surface area contributed by atoms with Crippen molar-refractivity contribution in [3.63, 3.8) is 0 Å². The van der Waals surface area contributed by atoms with Crippen molar-refractivity contribution in [1.82, 2.24) is 9.88 Å². The lowest BCUT2D eigenvalue weighted by Gasteiger charge is -2.08. The van der Waals surface area contributed by atoms with Crippen LogP contribution < -0.4 is 5.32 Å². The zero-order valence-corrected chi connectivity index (χ0v) is 12.1. The molecule has 0 aliphatic heterocycles. The normalized spacial score (nSPS) is 11.6. The summed E-state index contributed by atoms with van der Waals surface area (Å²) in [7, 11) is 1.99. The van der Waals surface area contributed by atoms with Gasteiger partial charge >= 0.3 is 0 Å². The van der Waals surface area contributed by atoms with Crippen LogP contribution in [0.1, 0.15) is 31.9 Å². The maximum absolute atomic E-state index is 6.12. The predicted octanol–water partition coefficient (Wildman–Crippen LogP) is 4.03. The zero-order valence-electron chi connectivity index (χ0n) is 11.3. The molecule has 0 radical (unpaired) electrons. The molecule has 2 rings (SSSR count). The van der Waals surface area contributed by atoms with Crippen molar-refractivity contribution in [1.29, 1.82) is 0 Å². The third-order valence-electron chi connectivity index (χ3n) is 3.31. The number of nitrogens with one attached hydrogen (secondary N) is 1. The Labute approximate surface area is 114 Å². The van der Waals surface area contributed by atoms with Gasteiger partial charge in [-0.2, -0.15) is 0 Å². The molecule has 0 atom stereocenters. The topological polar surface area (TPSA) is 17.0 Å². The Bertz CT molecular complexity index is 529. The van der Waals surface area contributed by atoms with Crippen molar-refractivity contribution in [2.24, 2.45) is 0 Å². The van der Waals surface area contributed by atoms with E-state index in [0.29, 0.717) is 6.04 Å². The molecular formula is C15H21ClN2. The maximum Gasteiger partial charge on any atom is 0.0486 e. The first-order chi connectivity index (χ1) is 8.63. The lowest BCUT2D eigenvalue weighted by molar-refractivity contribution is 0.619. The number of benzene rings is 1. The maximum atomic E-state index is 6.12. The van der Waals surface area contributed by atoms with Crippen LogP contribution in [0.15, 0.2) is 24.4 Å². The second kappa shape index (κ2) is 5.77. The Morgan fingerprint density at radius 2 is 2.11 bits per heavy atom. The molecule has 0 saturated heterocycles. The minimum Gasteiger partial charge on any atom is -0.345 e. The van der Waals surface area contributed by atoms with Crippen LogP contribution in [-0.2, 0) is 6.42 Å². The summed E-state index contributed by atoms with van der Waals surface area (Å²) in [4.78, 5) is 0. The number of hydrogen-bond donors (Lipinski definition) is 1. The Kier molecular flexibility index (Phi) is 4.31. The van der Waals surface area contributed by atoms with E-state index >= 15 is 0 Å². The van der Waals surface area contributed by atoms with Crippen LogP contribution in [0.2, 0.25) is 5.02 Å². The van der Waals surface area contributed by atoms with Crippen LogP contribution in [0.5, 0.6) is 0 Å². The van der Waals surface area contributed by atoms with Gasteiger partial charge in [0.1, 0.15) is 0 Å². The van der Waals surface area contributed by atoms with Crippen LogP contribution in [0, 0.1) is 0 Å². The molecule has 1 heterocycles. The quantitative estimate of drug-likeness (QED) is 0.807. The average molecular weight is 265 g/mol. The predicted molar refractivity (Wildman–Crippen MR) is 79.6 cm³/mol. The summed E-state index contributed by atoms with van der Waals surface area (Å²) >= 11 is 6.12. The number of halogens is 1. The summed E-state index contributed by atoms with van der Waals surface area (Å²) < 4.78 is 2.33. The van der Waals surface area contributed by atoms with Crippen molar-refractivity contribution in [3.05, 3.63) is 35.0 Å². The molecule has 0 amide bonds. The lowest BCUT2D eigenvalue weighted by Crippen LogP contribution is -2.08. The van der Waals surface area contributed by atoms with Crippen LogP contribution in [-0.4, -0.2) is 18.2 Å². The van der Waals surface area contributed by atoms with Gasteiger partial charge in [-0.3, -0.25) is 0 Å². The number of nitrogens with zero attached hydrogens (tertiary/aromatic N) is 1. The van der Waals surface area contributed by atoms with Crippen molar-refractivity contribution in [3.8, 4) is 0 Å². The molecule has 0 spiro atoms. The highest BCUT2D eigenvalue weighted by molar-refractivity contribution is 6.31. The van der Waals surface area contributed by atoms with E-state index in [2.05, 4.69) is 42.1 Å². The molecule has 2 aromatic rings. The van der Waals surface area contributed by atoms with E-state index in [9.17, 15) is 0 Å². The fourth-order valence-corrected chi connectivity index (χ4v) is 2.55. The minimum absolute atomic E-state index is 0.478. The number of rotatable bonds is 5. The van der Waals surface area contributed by atoms with Gasteiger partial charge in [0.15, 0.2) is 0 Å². The van der Waals surface area contributed by atoms with E-state index < -0.39 is 0 Å². The molecule has 1 aromatic carbocycles. The highest BCUT2D eigenvalue weighted by Gasteiger charge is 2.10. The van der Waals surface area contributed by atoms with Crippen LogP contribution in [0.25, 0.3) is 10.9 Å². The van der Waals surface area contributed by atoms with Gasteiger partial charge in [0, 0.05) is 28.2 Å². The summed E-state index contributed by atoms with van der Waals surface area (Å²) in [5, 5.41) is 5.31. The van der Waals surface area contributed by atoms with Gasteiger partial charge in [-0.25, -0.2) is 0 Å². The van der Waals surface area contributed by atoms with Gasteiger partial charge in [0.05, 0.1) is 0 Å². The van der Waals surface area contributed by atoms with E-state index in [4.69, 9.17) is 11.6 Å². The molecule has 0 aliphatic rings.